The van der Waals surface area contributed by atoms with Gasteiger partial charge in [0, 0.05) is 11.3 Å². The predicted molar refractivity (Wildman–Crippen MR) is 107 cm³/mol. The molecule has 3 rings (SSSR count). The molecule has 2 aromatic rings. The molecule has 0 bridgehead atoms. The second-order valence-electron chi connectivity index (χ2n) is 7.31. The molecule has 0 spiro atoms. The highest BCUT2D eigenvalue weighted by Crippen LogP contribution is 2.29. The number of rotatable bonds is 6. The summed E-state index contributed by atoms with van der Waals surface area (Å²) in [4.78, 5) is 15.2. The summed E-state index contributed by atoms with van der Waals surface area (Å²) in [6.07, 6.45) is 3.12. The van der Waals surface area contributed by atoms with Gasteiger partial charge in [-0.05, 0) is 86.8 Å². The molecule has 0 radical (unpaired) electrons. The maximum atomic E-state index is 13.4. The number of halogens is 1. The molecule has 0 saturated carbocycles. The molecule has 0 aromatic heterocycles. The predicted octanol–water partition coefficient (Wildman–Crippen LogP) is 4.00. The van der Waals surface area contributed by atoms with E-state index in [0.29, 0.717) is 17.2 Å². The zero-order chi connectivity index (χ0) is 19.2. The van der Waals surface area contributed by atoms with E-state index in [-0.39, 0.29) is 17.8 Å². The molecule has 4 nitrogen and oxygen atoms in total. The van der Waals surface area contributed by atoms with E-state index >= 15 is 0 Å². The van der Waals surface area contributed by atoms with E-state index < -0.39 is 0 Å². The molecule has 1 aliphatic heterocycles. The average molecular weight is 369 g/mol. The molecule has 1 fully saturated rings. The number of nitrogens with one attached hydrogen (secondary N) is 1. The Morgan fingerprint density at radius 2 is 1.78 bits per heavy atom. The fourth-order valence-corrected chi connectivity index (χ4v) is 3.72. The minimum atomic E-state index is -0.265. The lowest BCUT2D eigenvalue weighted by atomic mass is 9.87. The SMILES string of the molecule is CCN1CCC(CC(NC(=O)c2ccc(N)cc2)c2ccc(F)cc2)CC1. The number of nitrogen functional groups attached to an aromatic ring is 1. The van der Waals surface area contributed by atoms with Crippen LogP contribution >= 0.6 is 0 Å². The summed E-state index contributed by atoms with van der Waals surface area (Å²) < 4.78 is 13.4. The number of benzene rings is 2. The van der Waals surface area contributed by atoms with Crippen molar-refractivity contribution in [3.05, 3.63) is 65.5 Å². The Hall–Kier alpha value is -2.40. The highest BCUT2D eigenvalue weighted by atomic mass is 19.1. The molecule has 3 N–H and O–H groups in total. The zero-order valence-corrected chi connectivity index (χ0v) is 15.8. The molecule has 1 atom stereocenters. The second-order valence-corrected chi connectivity index (χ2v) is 7.31. The largest absolute Gasteiger partial charge is 0.399 e. The van der Waals surface area contributed by atoms with Gasteiger partial charge < -0.3 is 16.0 Å². The van der Waals surface area contributed by atoms with Crippen molar-refractivity contribution in [2.24, 2.45) is 5.92 Å². The monoisotopic (exact) mass is 369 g/mol. The zero-order valence-electron chi connectivity index (χ0n) is 15.8. The van der Waals surface area contributed by atoms with Crippen LogP contribution in [0.1, 0.15) is 48.1 Å². The van der Waals surface area contributed by atoms with Gasteiger partial charge in [0.25, 0.3) is 5.91 Å². The second kappa shape index (κ2) is 9.00. The number of nitrogens with zero attached hydrogens (tertiary/aromatic N) is 1. The topological polar surface area (TPSA) is 58.4 Å². The number of carbonyl (C=O) groups is 1. The number of anilines is 1. The van der Waals surface area contributed by atoms with Crippen LogP contribution in [0.5, 0.6) is 0 Å². The van der Waals surface area contributed by atoms with Gasteiger partial charge in [-0.2, -0.15) is 0 Å². The van der Waals surface area contributed by atoms with Gasteiger partial charge in [0.1, 0.15) is 5.82 Å². The van der Waals surface area contributed by atoms with Crippen LogP contribution in [0.15, 0.2) is 48.5 Å². The van der Waals surface area contributed by atoms with E-state index in [4.69, 9.17) is 5.73 Å². The van der Waals surface area contributed by atoms with Gasteiger partial charge in [-0.25, -0.2) is 4.39 Å². The van der Waals surface area contributed by atoms with Crippen molar-refractivity contribution in [1.29, 1.82) is 0 Å². The standard InChI is InChI=1S/C22H28FN3O/c1-2-26-13-11-16(12-14-26)15-21(17-3-7-19(23)8-4-17)25-22(27)18-5-9-20(24)10-6-18/h3-10,16,21H,2,11-15,24H2,1H3,(H,25,27). The Labute approximate surface area is 160 Å². The van der Waals surface area contributed by atoms with Crippen LogP contribution in [0.25, 0.3) is 0 Å². The number of amides is 1. The van der Waals surface area contributed by atoms with Crippen LogP contribution in [0.4, 0.5) is 10.1 Å². The summed E-state index contributed by atoms with van der Waals surface area (Å²) in [5, 5.41) is 3.15. The Morgan fingerprint density at radius 3 is 2.37 bits per heavy atom. The van der Waals surface area contributed by atoms with Crippen molar-refractivity contribution in [3.8, 4) is 0 Å². The lowest BCUT2D eigenvalue weighted by molar-refractivity contribution is 0.0924. The molecule has 2 aromatic carbocycles. The summed E-state index contributed by atoms with van der Waals surface area (Å²) in [5.74, 6) is 0.156. The van der Waals surface area contributed by atoms with Crippen LogP contribution in [-0.2, 0) is 0 Å². The molecule has 1 heterocycles. The first-order valence-corrected chi connectivity index (χ1v) is 9.69. The Bertz CT molecular complexity index is 737. The first-order valence-electron chi connectivity index (χ1n) is 9.69. The van der Waals surface area contributed by atoms with Crippen molar-refractivity contribution in [1.82, 2.24) is 10.2 Å². The maximum absolute atomic E-state index is 13.4. The highest BCUT2D eigenvalue weighted by Gasteiger charge is 2.24. The Morgan fingerprint density at radius 1 is 1.15 bits per heavy atom. The third kappa shape index (κ3) is 5.30. The van der Waals surface area contributed by atoms with Crippen LogP contribution in [0.3, 0.4) is 0 Å². The molecule has 1 saturated heterocycles. The summed E-state index contributed by atoms with van der Waals surface area (Å²) in [5.41, 5.74) is 7.86. The van der Waals surface area contributed by atoms with Gasteiger partial charge in [-0.3, -0.25) is 4.79 Å². The van der Waals surface area contributed by atoms with Gasteiger partial charge in [0.2, 0.25) is 0 Å². The summed E-state index contributed by atoms with van der Waals surface area (Å²) in [7, 11) is 0. The van der Waals surface area contributed by atoms with Gasteiger partial charge in [0.05, 0.1) is 6.04 Å². The minimum Gasteiger partial charge on any atom is -0.399 e. The summed E-state index contributed by atoms with van der Waals surface area (Å²) in [6.45, 7) is 5.48. The summed E-state index contributed by atoms with van der Waals surface area (Å²) in [6, 6.07) is 13.2. The molecule has 144 valence electrons. The first kappa shape index (κ1) is 19.4. The van der Waals surface area contributed by atoms with E-state index in [1.165, 1.54) is 12.1 Å². The molecule has 0 aliphatic carbocycles. The van der Waals surface area contributed by atoms with Crippen LogP contribution < -0.4 is 11.1 Å². The molecular formula is C22H28FN3O. The lowest BCUT2D eigenvalue weighted by Gasteiger charge is -2.33. The number of hydrogen-bond acceptors (Lipinski definition) is 3. The van der Waals surface area contributed by atoms with Crippen molar-refractivity contribution in [3.63, 3.8) is 0 Å². The van der Waals surface area contributed by atoms with E-state index in [2.05, 4.69) is 17.1 Å². The quantitative estimate of drug-likeness (QED) is 0.757. The fraction of sp³-hybridized carbons (Fsp3) is 0.409. The number of nitrogens with two attached hydrogens (primary N) is 1. The summed E-state index contributed by atoms with van der Waals surface area (Å²) >= 11 is 0. The van der Waals surface area contributed by atoms with Crippen molar-refractivity contribution < 1.29 is 9.18 Å². The van der Waals surface area contributed by atoms with E-state index in [1.807, 2.05) is 0 Å². The number of hydrogen-bond donors (Lipinski definition) is 2. The third-order valence-electron chi connectivity index (χ3n) is 5.47. The van der Waals surface area contributed by atoms with Gasteiger partial charge >= 0.3 is 0 Å². The van der Waals surface area contributed by atoms with E-state index in [1.54, 1.807) is 36.4 Å². The van der Waals surface area contributed by atoms with Crippen LogP contribution in [0, 0.1) is 11.7 Å². The van der Waals surface area contributed by atoms with Crippen LogP contribution in [0.2, 0.25) is 0 Å². The van der Waals surface area contributed by atoms with E-state index in [9.17, 15) is 9.18 Å². The molecule has 1 unspecified atom stereocenters. The molecule has 1 amide bonds. The average Bonchev–Trinajstić information content (AvgIpc) is 2.69. The van der Waals surface area contributed by atoms with Gasteiger partial charge in [-0.15, -0.1) is 0 Å². The first-order chi connectivity index (χ1) is 13.0. The molecule has 1 aliphatic rings. The minimum absolute atomic E-state index is 0.129. The smallest absolute Gasteiger partial charge is 0.251 e. The van der Waals surface area contributed by atoms with Crippen molar-refractivity contribution in [2.75, 3.05) is 25.4 Å². The third-order valence-corrected chi connectivity index (χ3v) is 5.47. The number of piperidine rings is 1. The fourth-order valence-electron chi connectivity index (χ4n) is 3.72. The number of carbonyl (C=O) groups excluding carboxylic acids is 1. The molecular weight excluding hydrogens is 341 g/mol. The molecule has 5 heteroatoms. The van der Waals surface area contributed by atoms with Gasteiger partial charge in [0.15, 0.2) is 0 Å². The lowest BCUT2D eigenvalue weighted by Crippen LogP contribution is -2.36. The van der Waals surface area contributed by atoms with Gasteiger partial charge in [-0.1, -0.05) is 19.1 Å². The normalized spacial score (nSPS) is 16.8. The maximum Gasteiger partial charge on any atom is 0.251 e. The van der Waals surface area contributed by atoms with Crippen molar-refractivity contribution in [2.45, 2.75) is 32.2 Å². The van der Waals surface area contributed by atoms with Crippen LogP contribution in [-0.4, -0.2) is 30.4 Å². The highest BCUT2D eigenvalue weighted by molar-refractivity contribution is 5.94. The Balaban J connectivity index is 1.72. The molecule has 27 heavy (non-hydrogen) atoms. The van der Waals surface area contributed by atoms with E-state index in [0.717, 1.165) is 44.5 Å². The Kier molecular flexibility index (Phi) is 6.45. The number of likely N-dealkylation sites (tertiary alicyclic amines) is 1. The van der Waals surface area contributed by atoms with Crippen molar-refractivity contribution >= 4 is 11.6 Å².